The first-order valence-corrected chi connectivity index (χ1v) is 10.9. The molecule has 0 aliphatic carbocycles. The van der Waals surface area contributed by atoms with Crippen LogP contribution in [0.1, 0.15) is 68.6 Å². The molecule has 0 spiro atoms. The first-order chi connectivity index (χ1) is 14.2. The third kappa shape index (κ3) is 9.47. The number of hydrogen-bond donors (Lipinski definition) is 1. The lowest BCUT2D eigenvalue weighted by Crippen LogP contribution is -2.21. The van der Waals surface area contributed by atoms with Crippen molar-refractivity contribution in [2.24, 2.45) is 0 Å². The average Bonchev–Trinajstić information content (AvgIpc) is 2.74. The molecule has 0 bridgehead atoms. The molecule has 3 heteroatoms. The van der Waals surface area contributed by atoms with Crippen molar-refractivity contribution < 1.29 is 9.53 Å². The van der Waals surface area contributed by atoms with Crippen LogP contribution in [0.15, 0.2) is 54.6 Å². The van der Waals surface area contributed by atoms with Crippen molar-refractivity contribution in [1.82, 2.24) is 5.32 Å². The van der Waals surface area contributed by atoms with Gasteiger partial charge in [-0.1, -0.05) is 81.8 Å². The van der Waals surface area contributed by atoms with Crippen molar-refractivity contribution in [3.63, 3.8) is 0 Å². The normalized spacial score (nSPS) is 11.0. The lowest BCUT2D eigenvalue weighted by molar-refractivity contribution is -0.116. The van der Waals surface area contributed by atoms with Crippen LogP contribution >= 0.6 is 0 Å². The van der Waals surface area contributed by atoms with Gasteiger partial charge in [-0.3, -0.25) is 4.79 Å². The molecule has 1 N–H and O–H groups in total. The van der Waals surface area contributed by atoms with E-state index in [1.165, 1.54) is 38.5 Å². The number of carbonyl (C=O) groups is 1. The Labute approximate surface area is 176 Å². The Morgan fingerprint density at radius 1 is 0.966 bits per heavy atom. The van der Waals surface area contributed by atoms with Gasteiger partial charge in [-0.2, -0.15) is 0 Å². The third-order valence-electron chi connectivity index (χ3n) is 4.98. The number of ether oxygens (including phenoxy) is 1. The summed E-state index contributed by atoms with van der Waals surface area (Å²) in [4.78, 5) is 12.0. The Morgan fingerprint density at radius 2 is 1.69 bits per heavy atom. The smallest absolute Gasteiger partial charge is 0.243 e. The van der Waals surface area contributed by atoms with E-state index in [2.05, 4.69) is 24.4 Å². The van der Waals surface area contributed by atoms with Crippen LogP contribution in [0.2, 0.25) is 0 Å². The second-order valence-corrected chi connectivity index (χ2v) is 7.54. The van der Waals surface area contributed by atoms with E-state index in [4.69, 9.17) is 4.74 Å². The quantitative estimate of drug-likeness (QED) is 0.313. The molecular formula is C26H35NO2. The van der Waals surface area contributed by atoms with Gasteiger partial charge < -0.3 is 10.1 Å². The van der Waals surface area contributed by atoms with Crippen LogP contribution in [-0.4, -0.2) is 12.5 Å². The van der Waals surface area contributed by atoms with Crippen molar-refractivity contribution in [1.29, 1.82) is 0 Å². The first kappa shape index (κ1) is 22.7. The highest BCUT2D eigenvalue weighted by atomic mass is 16.5. The Kier molecular flexibility index (Phi) is 10.7. The van der Waals surface area contributed by atoms with Crippen LogP contribution in [0.5, 0.6) is 5.75 Å². The minimum absolute atomic E-state index is 0.0280. The molecule has 2 aromatic carbocycles. The Morgan fingerprint density at radius 3 is 2.41 bits per heavy atom. The van der Waals surface area contributed by atoms with Crippen LogP contribution < -0.4 is 10.1 Å². The molecular weight excluding hydrogens is 358 g/mol. The van der Waals surface area contributed by atoms with Gasteiger partial charge >= 0.3 is 0 Å². The van der Waals surface area contributed by atoms with Gasteiger partial charge in [0, 0.05) is 12.6 Å². The second-order valence-electron chi connectivity index (χ2n) is 7.54. The molecule has 2 rings (SSSR count). The Balaban J connectivity index is 1.69. The highest BCUT2D eigenvalue weighted by molar-refractivity contribution is 5.91. The number of rotatable bonds is 13. The molecule has 0 fully saturated rings. The van der Waals surface area contributed by atoms with Gasteiger partial charge in [-0.25, -0.2) is 0 Å². The summed E-state index contributed by atoms with van der Waals surface area (Å²) in [5.41, 5.74) is 3.27. The fourth-order valence-electron chi connectivity index (χ4n) is 3.18. The molecule has 0 unspecified atom stereocenters. The van der Waals surface area contributed by atoms with Gasteiger partial charge in [0.2, 0.25) is 5.91 Å². The maximum absolute atomic E-state index is 12.0. The molecule has 156 valence electrons. The number of carbonyl (C=O) groups excluding carboxylic acids is 1. The SMILES string of the molecule is CCCCCCCCCNC(=O)/C=C/c1ccc(OCc2ccccc2)cc1C. The first-order valence-electron chi connectivity index (χ1n) is 10.9. The Bertz CT molecular complexity index is 753. The van der Waals surface area contributed by atoms with Gasteiger partial charge in [0.25, 0.3) is 0 Å². The molecule has 0 saturated carbocycles. The molecule has 0 aliphatic rings. The maximum atomic E-state index is 12.0. The average molecular weight is 394 g/mol. The number of benzene rings is 2. The highest BCUT2D eigenvalue weighted by Gasteiger charge is 2.01. The zero-order valence-electron chi connectivity index (χ0n) is 18.0. The van der Waals surface area contributed by atoms with E-state index >= 15 is 0 Å². The zero-order chi connectivity index (χ0) is 20.7. The summed E-state index contributed by atoms with van der Waals surface area (Å²) in [6.07, 6.45) is 12.3. The number of hydrogen-bond acceptors (Lipinski definition) is 2. The number of amides is 1. The molecule has 0 aromatic heterocycles. The zero-order valence-corrected chi connectivity index (χ0v) is 18.0. The molecule has 0 atom stereocenters. The summed E-state index contributed by atoms with van der Waals surface area (Å²) in [5, 5.41) is 2.97. The van der Waals surface area contributed by atoms with E-state index in [9.17, 15) is 4.79 Å². The van der Waals surface area contributed by atoms with Crippen molar-refractivity contribution in [3.05, 3.63) is 71.3 Å². The number of aryl methyl sites for hydroxylation is 1. The maximum Gasteiger partial charge on any atom is 0.243 e. The minimum Gasteiger partial charge on any atom is -0.489 e. The molecule has 0 heterocycles. The summed E-state index contributed by atoms with van der Waals surface area (Å²) in [6.45, 7) is 5.57. The highest BCUT2D eigenvalue weighted by Crippen LogP contribution is 2.19. The van der Waals surface area contributed by atoms with Crippen LogP contribution in [0.3, 0.4) is 0 Å². The monoisotopic (exact) mass is 393 g/mol. The van der Waals surface area contributed by atoms with Gasteiger partial charge in [-0.15, -0.1) is 0 Å². The molecule has 2 aromatic rings. The topological polar surface area (TPSA) is 38.3 Å². The molecule has 0 aliphatic heterocycles. The Hall–Kier alpha value is -2.55. The predicted molar refractivity (Wildman–Crippen MR) is 122 cm³/mol. The van der Waals surface area contributed by atoms with E-state index in [0.29, 0.717) is 6.61 Å². The molecule has 1 amide bonds. The van der Waals surface area contributed by atoms with E-state index in [1.54, 1.807) is 6.08 Å². The van der Waals surface area contributed by atoms with Crippen LogP contribution in [0.25, 0.3) is 6.08 Å². The van der Waals surface area contributed by atoms with Gasteiger partial charge in [0.15, 0.2) is 0 Å². The molecule has 29 heavy (non-hydrogen) atoms. The fourth-order valence-corrected chi connectivity index (χ4v) is 3.18. The number of nitrogens with one attached hydrogen (secondary N) is 1. The fraction of sp³-hybridized carbons (Fsp3) is 0.423. The van der Waals surface area contributed by atoms with Crippen LogP contribution in [0, 0.1) is 6.92 Å². The summed E-state index contributed by atoms with van der Waals surface area (Å²) in [5.74, 6) is 0.812. The van der Waals surface area contributed by atoms with E-state index in [-0.39, 0.29) is 5.91 Å². The van der Waals surface area contributed by atoms with Crippen molar-refractivity contribution in [3.8, 4) is 5.75 Å². The minimum atomic E-state index is -0.0280. The lowest BCUT2D eigenvalue weighted by atomic mass is 10.1. The predicted octanol–water partition coefficient (Wildman–Crippen LogP) is 6.45. The van der Waals surface area contributed by atoms with Gasteiger partial charge in [0.1, 0.15) is 12.4 Å². The summed E-state index contributed by atoms with van der Waals surface area (Å²) < 4.78 is 5.86. The largest absolute Gasteiger partial charge is 0.489 e. The third-order valence-corrected chi connectivity index (χ3v) is 4.98. The molecule has 3 nitrogen and oxygen atoms in total. The molecule has 0 saturated heterocycles. The van der Waals surface area contributed by atoms with Crippen molar-refractivity contribution >= 4 is 12.0 Å². The van der Waals surface area contributed by atoms with Gasteiger partial charge in [-0.05, 0) is 48.2 Å². The summed E-state index contributed by atoms with van der Waals surface area (Å²) in [7, 11) is 0. The summed E-state index contributed by atoms with van der Waals surface area (Å²) in [6, 6.07) is 16.1. The summed E-state index contributed by atoms with van der Waals surface area (Å²) >= 11 is 0. The van der Waals surface area contributed by atoms with Crippen LogP contribution in [-0.2, 0) is 11.4 Å². The van der Waals surface area contributed by atoms with Crippen molar-refractivity contribution in [2.75, 3.05) is 6.54 Å². The van der Waals surface area contributed by atoms with E-state index in [0.717, 1.165) is 35.4 Å². The van der Waals surface area contributed by atoms with Crippen molar-refractivity contribution in [2.45, 2.75) is 65.4 Å². The lowest BCUT2D eigenvalue weighted by Gasteiger charge is -2.09. The van der Waals surface area contributed by atoms with Gasteiger partial charge in [0.05, 0.1) is 0 Å². The van der Waals surface area contributed by atoms with E-state index < -0.39 is 0 Å². The second kappa shape index (κ2) is 13.6. The standard InChI is InChI=1S/C26H35NO2/c1-3-4-5-6-7-8-12-19-27-26(28)18-16-24-15-17-25(20-22(24)2)29-21-23-13-10-9-11-14-23/h9-11,13-18,20H,3-8,12,19,21H2,1-2H3,(H,27,28)/b18-16+. The molecule has 0 radical (unpaired) electrons. The number of unbranched alkanes of at least 4 members (excludes halogenated alkanes) is 6. The van der Waals surface area contributed by atoms with E-state index in [1.807, 2.05) is 49.4 Å². The van der Waals surface area contributed by atoms with Crippen LogP contribution in [0.4, 0.5) is 0 Å².